The molecule has 4 rings (SSSR count). The number of amides is 2. The van der Waals surface area contributed by atoms with Gasteiger partial charge in [-0.3, -0.25) is 0 Å². The zero-order chi connectivity index (χ0) is 25.7. The van der Waals surface area contributed by atoms with Crippen molar-refractivity contribution >= 4 is 50.7 Å². The highest BCUT2D eigenvalue weighted by atomic mass is 79.9. The summed E-state index contributed by atoms with van der Waals surface area (Å²) in [7, 11) is 0. The highest BCUT2D eigenvalue weighted by Crippen LogP contribution is 2.31. The molecule has 36 heavy (non-hydrogen) atoms. The Balaban J connectivity index is 1.28. The Hall–Kier alpha value is -3.31. The van der Waals surface area contributed by atoms with Gasteiger partial charge in [0.25, 0.3) is 0 Å². The van der Waals surface area contributed by atoms with Crippen LogP contribution in [0.1, 0.15) is 18.4 Å². The van der Waals surface area contributed by atoms with Crippen molar-refractivity contribution in [3.05, 3.63) is 75.9 Å². The molecule has 2 heterocycles. The minimum absolute atomic E-state index is 0.281. The van der Waals surface area contributed by atoms with Crippen LogP contribution in [0.4, 0.5) is 29.5 Å². The highest BCUT2D eigenvalue weighted by molar-refractivity contribution is 9.10. The lowest BCUT2D eigenvalue weighted by Crippen LogP contribution is -2.29. The molecule has 0 saturated heterocycles. The molecule has 12 heteroatoms. The summed E-state index contributed by atoms with van der Waals surface area (Å²) in [5.41, 5.74) is 1.67. The van der Waals surface area contributed by atoms with Crippen LogP contribution in [0.5, 0.6) is 0 Å². The van der Waals surface area contributed by atoms with E-state index in [2.05, 4.69) is 42.0 Å². The number of benzene rings is 2. The summed E-state index contributed by atoms with van der Waals surface area (Å²) in [5.74, 6) is 0.744. The first-order valence-electron chi connectivity index (χ1n) is 11.0. The minimum Gasteiger partial charge on any atom is -0.370 e. The second-order valence-electron chi connectivity index (χ2n) is 7.82. The molecule has 0 radical (unpaired) electrons. The number of hydrogen-bond acceptors (Lipinski definition) is 4. The van der Waals surface area contributed by atoms with Gasteiger partial charge in [-0.25, -0.2) is 9.78 Å². The molecule has 0 saturated carbocycles. The fourth-order valence-corrected chi connectivity index (χ4v) is 4.04. The summed E-state index contributed by atoms with van der Waals surface area (Å²) in [6.45, 7) is 1.01. The molecule has 4 aromatic rings. The number of alkyl halides is 3. The molecular formula is C24H21BrClF3N6O. The topological polar surface area (TPSA) is 83.3 Å². The predicted octanol–water partition coefficient (Wildman–Crippen LogP) is 6.84. The molecule has 3 N–H and O–H groups in total. The third-order valence-corrected chi connectivity index (χ3v) is 6.13. The van der Waals surface area contributed by atoms with Crippen LogP contribution in [-0.2, 0) is 6.18 Å². The molecule has 2 amide bonds. The number of carbonyl (C=O) groups excluding carboxylic acids is 1. The summed E-state index contributed by atoms with van der Waals surface area (Å²) in [5, 5.41) is 13.5. The van der Waals surface area contributed by atoms with E-state index in [0.717, 1.165) is 34.4 Å². The fraction of sp³-hybridized carbons (Fsp3) is 0.208. The van der Waals surface area contributed by atoms with Gasteiger partial charge in [-0.1, -0.05) is 29.8 Å². The van der Waals surface area contributed by atoms with E-state index in [1.807, 2.05) is 30.3 Å². The van der Waals surface area contributed by atoms with Gasteiger partial charge in [0.05, 0.1) is 21.9 Å². The van der Waals surface area contributed by atoms with Crippen LogP contribution in [0, 0.1) is 0 Å². The van der Waals surface area contributed by atoms with E-state index in [1.54, 1.807) is 10.7 Å². The molecule has 0 aliphatic rings. The number of aromatic nitrogens is 3. The maximum atomic E-state index is 12.6. The fourth-order valence-electron chi connectivity index (χ4n) is 3.46. The van der Waals surface area contributed by atoms with Gasteiger partial charge >= 0.3 is 12.2 Å². The number of urea groups is 1. The Morgan fingerprint density at radius 3 is 2.50 bits per heavy atom. The van der Waals surface area contributed by atoms with Crippen molar-refractivity contribution in [3.8, 4) is 11.3 Å². The summed E-state index contributed by atoms with van der Waals surface area (Å²) in [4.78, 5) is 16.7. The van der Waals surface area contributed by atoms with Crippen molar-refractivity contribution in [1.29, 1.82) is 0 Å². The first kappa shape index (κ1) is 25.8. The quantitative estimate of drug-likeness (QED) is 0.199. The second kappa shape index (κ2) is 11.2. The van der Waals surface area contributed by atoms with Crippen LogP contribution >= 0.6 is 27.5 Å². The molecule has 0 fully saturated rings. The number of nitrogens with one attached hydrogen (secondary N) is 3. The summed E-state index contributed by atoms with van der Waals surface area (Å²) < 4.78 is 40.3. The normalized spacial score (nSPS) is 11.5. The monoisotopic (exact) mass is 580 g/mol. The van der Waals surface area contributed by atoms with E-state index in [0.29, 0.717) is 35.9 Å². The first-order valence-corrected chi connectivity index (χ1v) is 12.1. The average Bonchev–Trinajstić information content (AvgIpc) is 3.22. The molecular weight excluding hydrogens is 561 g/mol. The van der Waals surface area contributed by atoms with Gasteiger partial charge in [0.2, 0.25) is 0 Å². The predicted molar refractivity (Wildman–Crippen MR) is 137 cm³/mol. The van der Waals surface area contributed by atoms with E-state index in [4.69, 9.17) is 11.6 Å². The zero-order valence-corrected chi connectivity index (χ0v) is 21.1. The van der Waals surface area contributed by atoms with Crippen molar-refractivity contribution in [1.82, 2.24) is 19.9 Å². The van der Waals surface area contributed by atoms with Crippen LogP contribution in [-0.4, -0.2) is 33.7 Å². The van der Waals surface area contributed by atoms with Crippen LogP contribution in [0.15, 0.2) is 65.3 Å². The summed E-state index contributed by atoms with van der Waals surface area (Å²) >= 11 is 9.84. The van der Waals surface area contributed by atoms with E-state index in [9.17, 15) is 18.0 Å². The lowest BCUT2D eigenvalue weighted by molar-refractivity contribution is -0.137. The first-order chi connectivity index (χ1) is 17.2. The third kappa shape index (κ3) is 6.27. The Kier molecular flexibility index (Phi) is 8.00. The van der Waals surface area contributed by atoms with Crippen LogP contribution in [0.25, 0.3) is 16.9 Å². The average molecular weight is 582 g/mol. The van der Waals surface area contributed by atoms with E-state index in [-0.39, 0.29) is 5.69 Å². The Bertz CT molecular complexity index is 1360. The molecule has 0 aliphatic heterocycles. The number of fused-ring (bicyclic) bond motifs is 1. The lowest BCUT2D eigenvalue weighted by Gasteiger charge is -2.12. The molecule has 7 nitrogen and oxygen atoms in total. The number of unbranched alkanes of at least 4 members (excludes halogenated alkanes) is 1. The third-order valence-electron chi connectivity index (χ3n) is 5.24. The highest BCUT2D eigenvalue weighted by Gasteiger charge is 2.30. The molecule has 0 bridgehead atoms. The van der Waals surface area contributed by atoms with E-state index in [1.165, 1.54) is 12.1 Å². The lowest BCUT2D eigenvalue weighted by atomic mass is 10.1. The van der Waals surface area contributed by atoms with Gasteiger partial charge in [-0.15, -0.1) is 0 Å². The number of rotatable bonds is 8. The number of halogens is 5. The van der Waals surface area contributed by atoms with Gasteiger partial charge in [0, 0.05) is 35.4 Å². The van der Waals surface area contributed by atoms with Crippen LogP contribution < -0.4 is 16.0 Å². The second-order valence-corrected chi connectivity index (χ2v) is 9.09. The number of carbonyl (C=O) groups is 1. The number of nitrogens with zero attached hydrogens (tertiary/aromatic N) is 3. The zero-order valence-electron chi connectivity index (χ0n) is 18.7. The Morgan fingerprint density at radius 2 is 1.78 bits per heavy atom. The smallest absolute Gasteiger partial charge is 0.370 e. The van der Waals surface area contributed by atoms with Gasteiger partial charge < -0.3 is 16.0 Å². The Morgan fingerprint density at radius 1 is 1.06 bits per heavy atom. The number of hydrogen-bond donors (Lipinski definition) is 3. The van der Waals surface area contributed by atoms with Crippen molar-refractivity contribution in [3.63, 3.8) is 0 Å². The maximum absolute atomic E-state index is 12.6. The Labute approximate surface area is 218 Å². The van der Waals surface area contributed by atoms with Crippen molar-refractivity contribution in [2.24, 2.45) is 0 Å². The summed E-state index contributed by atoms with van der Waals surface area (Å²) in [6.07, 6.45) is -1.32. The molecule has 2 aromatic carbocycles. The molecule has 0 unspecified atom stereocenters. The van der Waals surface area contributed by atoms with Crippen LogP contribution in [0.2, 0.25) is 5.02 Å². The van der Waals surface area contributed by atoms with Crippen molar-refractivity contribution in [2.45, 2.75) is 19.0 Å². The van der Waals surface area contributed by atoms with Gasteiger partial charge in [-0.05, 0) is 59.1 Å². The molecule has 2 aromatic heterocycles. The van der Waals surface area contributed by atoms with Crippen molar-refractivity contribution in [2.75, 3.05) is 23.7 Å². The minimum atomic E-state index is -4.42. The van der Waals surface area contributed by atoms with Crippen LogP contribution in [0.3, 0.4) is 0 Å². The van der Waals surface area contributed by atoms with E-state index < -0.39 is 17.8 Å². The molecule has 0 atom stereocenters. The standard InChI is InChI=1S/C24H21BrClF3N6O/c25-18-14-32-35-21(13-20(34-22(18)35)17-5-1-2-6-19(17)26)30-11-3-4-12-31-23(36)33-16-9-7-15(8-10-16)24(27,28)29/h1-2,5-10,13-14,30H,3-4,11-12H2,(H2,31,33,36). The largest absolute Gasteiger partial charge is 0.416 e. The van der Waals surface area contributed by atoms with E-state index >= 15 is 0 Å². The van der Waals surface area contributed by atoms with Gasteiger partial charge in [-0.2, -0.15) is 22.8 Å². The maximum Gasteiger partial charge on any atom is 0.416 e. The van der Waals surface area contributed by atoms with Gasteiger partial charge in [0.1, 0.15) is 5.82 Å². The summed E-state index contributed by atoms with van der Waals surface area (Å²) in [6, 6.07) is 13.1. The molecule has 0 spiro atoms. The van der Waals surface area contributed by atoms with Crippen molar-refractivity contribution < 1.29 is 18.0 Å². The molecule has 0 aliphatic carbocycles. The molecule has 188 valence electrons. The SMILES string of the molecule is O=C(NCCCCNc1cc(-c2ccccc2Cl)nc2c(Br)cnn12)Nc1ccc(C(F)(F)F)cc1. The number of anilines is 2. The van der Waals surface area contributed by atoms with Gasteiger partial charge in [0.15, 0.2) is 5.65 Å².